The molecule has 0 aliphatic rings. The Bertz CT molecular complexity index is 208. The van der Waals surface area contributed by atoms with E-state index in [-0.39, 0.29) is 41.3 Å². The van der Waals surface area contributed by atoms with Gasteiger partial charge in [0.05, 0.1) is 0 Å². The zero-order valence-electron chi connectivity index (χ0n) is 5.71. The van der Waals surface area contributed by atoms with Crippen LogP contribution in [-0.4, -0.2) is 10.8 Å². The molecule has 13 heavy (non-hydrogen) atoms. The molecule has 0 atom stereocenters. The fraction of sp³-hybridized carbons (Fsp3) is 0. The van der Waals surface area contributed by atoms with Gasteiger partial charge in [0, 0.05) is 41.3 Å². The fourth-order valence-electron chi connectivity index (χ4n) is 0. The predicted molar refractivity (Wildman–Crippen MR) is 10.8 cm³/mol. The fourth-order valence-corrected chi connectivity index (χ4v) is 0. The molecule has 0 bridgehead atoms. The topological polar surface area (TPSA) is 163 Å². The maximum absolute atomic E-state index is 8.71. The summed E-state index contributed by atoms with van der Waals surface area (Å²) in [5.41, 5.74) is 0. The van der Waals surface area contributed by atoms with Crippen LogP contribution in [0.15, 0.2) is 0 Å². The van der Waals surface area contributed by atoms with Crippen LogP contribution in [0.5, 0.6) is 0 Å². The Morgan fingerprint density at radius 1 is 0.538 bits per heavy atom. The van der Waals surface area contributed by atoms with E-state index in [2.05, 4.69) is 0 Å². The Morgan fingerprint density at radius 3 is 0.538 bits per heavy atom. The molecule has 0 heterocycles. The molecule has 0 amide bonds. The molecule has 0 spiro atoms. The third-order valence-electron chi connectivity index (χ3n) is 0. The molecular weight excluding hydrogens is 564 g/mol. The van der Waals surface area contributed by atoms with Crippen molar-refractivity contribution in [3.63, 3.8) is 0 Å². The van der Waals surface area contributed by atoms with Gasteiger partial charge in [0.1, 0.15) is 0 Å². The van der Waals surface area contributed by atoms with Crippen LogP contribution in [0.25, 0.3) is 0 Å². The average Bonchev–Trinajstić information content (AvgIpc) is 1.54. The van der Waals surface area contributed by atoms with Crippen LogP contribution in [0, 0.1) is 41.3 Å². The SMILES string of the molecule is [O]=[Nb](=[O])[OH].[O]=[Nb](=[O])[OH].[O]=[Nb](=[O])[OH].[Pr]. The van der Waals surface area contributed by atoms with Crippen LogP contribution >= 0.6 is 0 Å². The van der Waals surface area contributed by atoms with E-state index in [0.29, 0.717) is 0 Å². The average molecular weight is 567 g/mol. The Morgan fingerprint density at radius 2 is 0.538 bits per heavy atom. The van der Waals surface area contributed by atoms with Gasteiger partial charge in [-0.15, -0.1) is 0 Å². The van der Waals surface area contributed by atoms with Crippen LogP contribution in [0.3, 0.4) is 0 Å². The summed E-state index contributed by atoms with van der Waals surface area (Å²) in [6.07, 6.45) is 0. The second-order valence-electron chi connectivity index (χ2n) is 0.714. The summed E-state index contributed by atoms with van der Waals surface area (Å²) in [5.74, 6) is 0. The van der Waals surface area contributed by atoms with Crippen LogP contribution in [0.2, 0.25) is 0 Å². The van der Waals surface area contributed by atoms with Crippen LogP contribution in [0.4, 0.5) is 0 Å². The maximum atomic E-state index is 8.71. The molecule has 0 saturated heterocycles. The van der Waals surface area contributed by atoms with Gasteiger partial charge in [-0.25, -0.2) is 0 Å². The van der Waals surface area contributed by atoms with E-state index in [1.54, 1.807) is 0 Å². The van der Waals surface area contributed by atoms with Crippen molar-refractivity contribution in [2.75, 3.05) is 0 Å². The number of hydrogen-bond acceptors (Lipinski definition) is 6. The van der Waals surface area contributed by atoms with Crippen molar-refractivity contribution in [1.82, 2.24) is 0 Å². The van der Waals surface area contributed by atoms with Gasteiger partial charge >= 0.3 is 86.7 Å². The molecule has 0 aliphatic heterocycles. The van der Waals surface area contributed by atoms with Crippen molar-refractivity contribution in [2.45, 2.75) is 0 Å². The first-order chi connectivity index (χ1) is 5.20. The van der Waals surface area contributed by atoms with Crippen LogP contribution in [0.1, 0.15) is 0 Å². The first kappa shape index (κ1) is 24.5. The minimum Gasteiger partial charge on any atom is 0 e. The van der Waals surface area contributed by atoms with Crippen molar-refractivity contribution in [3.8, 4) is 0 Å². The molecule has 3 N–H and O–H groups in total. The molecule has 0 unspecified atom stereocenters. The monoisotopic (exact) mass is 567 g/mol. The first-order valence-electron chi connectivity index (χ1n) is 1.70. The summed E-state index contributed by atoms with van der Waals surface area (Å²) in [6.45, 7) is 0. The quantitative estimate of drug-likeness (QED) is 0.272. The Balaban J connectivity index is -0.0000000450. The Hall–Kier alpha value is 2.26. The molecule has 0 aromatic rings. The largest absolute Gasteiger partial charge is 0 e. The molecule has 0 aromatic heterocycles. The smallest absolute Gasteiger partial charge is 0 e. The van der Waals surface area contributed by atoms with Gasteiger partial charge in [-0.3, -0.25) is 0 Å². The third kappa shape index (κ3) is 418. The molecule has 1 radical (unpaired) electrons. The van der Waals surface area contributed by atoms with Gasteiger partial charge in [0.15, 0.2) is 0 Å². The predicted octanol–water partition coefficient (Wildman–Crippen LogP) is -2.39. The number of hydrogen-bond donors (Lipinski definition) is 3. The van der Waals surface area contributed by atoms with Crippen molar-refractivity contribution in [1.29, 1.82) is 0 Å². The zero-order chi connectivity index (χ0) is 10.7. The second-order valence-corrected chi connectivity index (χ2v) is 4.22. The van der Waals surface area contributed by atoms with E-state index in [9.17, 15) is 0 Å². The minimum atomic E-state index is -3.95. The summed E-state index contributed by atoms with van der Waals surface area (Å²) >= 11 is -11.9. The standard InChI is InChI=1S/3Nb.3H2O.6O.Pr/h;;;3*1H2;;;;;;;/q3*+1;;;;;;;;;;/p-3. The van der Waals surface area contributed by atoms with Crippen LogP contribution in [-0.2, 0) is 75.9 Å². The van der Waals surface area contributed by atoms with E-state index in [1.165, 1.54) is 0 Å². The van der Waals surface area contributed by atoms with Gasteiger partial charge < -0.3 is 0 Å². The van der Waals surface area contributed by atoms with E-state index in [0.717, 1.165) is 0 Å². The van der Waals surface area contributed by atoms with Gasteiger partial charge in [-0.2, -0.15) is 0 Å². The Labute approximate surface area is 125 Å². The summed E-state index contributed by atoms with van der Waals surface area (Å²) in [7, 11) is 0. The molecule has 75 valence electrons. The molecule has 0 fully saturated rings. The molecular formula is H3Nb3O9Pr. The summed E-state index contributed by atoms with van der Waals surface area (Å²) in [5, 5.41) is 0. The van der Waals surface area contributed by atoms with Crippen molar-refractivity contribution >= 4 is 0 Å². The van der Waals surface area contributed by atoms with Crippen LogP contribution < -0.4 is 0 Å². The maximum Gasteiger partial charge on any atom is 0 e. The van der Waals surface area contributed by atoms with Crippen molar-refractivity contribution in [2.24, 2.45) is 0 Å². The van der Waals surface area contributed by atoms with Gasteiger partial charge in [-0.05, 0) is 0 Å². The van der Waals surface area contributed by atoms with E-state index >= 15 is 0 Å². The van der Waals surface area contributed by atoms with E-state index in [1.807, 2.05) is 0 Å². The first-order valence-corrected chi connectivity index (χ1v) is 10.0. The second kappa shape index (κ2) is 19.8. The van der Waals surface area contributed by atoms with Gasteiger partial charge in [0.25, 0.3) is 0 Å². The summed E-state index contributed by atoms with van der Waals surface area (Å²) < 4.78 is 73.6. The summed E-state index contributed by atoms with van der Waals surface area (Å²) in [4.78, 5) is 0. The third-order valence-corrected chi connectivity index (χ3v) is 0. The molecule has 13 heteroatoms. The number of rotatable bonds is 0. The molecule has 0 aliphatic carbocycles. The normalized spacial score (nSPS) is 5.77. The van der Waals surface area contributed by atoms with E-state index in [4.69, 9.17) is 30.3 Å². The molecule has 0 rings (SSSR count). The molecule has 0 aromatic carbocycles. The zero-order valence-corrected chi connectivity index (χ0v) is 16.0. The summed E-state index contributed by atoms with van der Waals surface area (Å²) in [6, 6.07) is 0. The molecule has 0 saturated carbocycles. The Kier molecular flexibility index (Phi) is 37.2. The molecule has 9 nitrogen and oxygen atoms in total. The van der Waals surface area contributed by atoms with Crippen molar-refractivity contribution in [3.05, 3.63) is 0 Å². The van der Waals surface area contributed by atoms with E-state index < -0.39 is 56.4 Å². The minimum absolute atomic E-state index is 0. The van der Waals surface area contributed by atoms with Gasteiger partial charge in [0.2, 0.25) is 0 Å². The van der Waals surface area contributed by atoms with Gasteiger partial charge in [-0.1, -0.05) is 0 Å². The van der Waals surface area contributed by atoms with Crippen molar-refractivity contribution < 1.29 is 128 Å².